The minimum absolute atomic E-state index is 0.0806. The number of hydrogen-bond acceptors (Lipinski definition) is 5. The molecule has 0 aliphatic carbocycles. The molecule has 2 aromatic rings. The Labute approximate surface area is 152 Å². The molecule has 0 N–H and O–H groups in total. The second-order valence-corrected chi connectivity index (χ2v) is 6.75. The van der Waals surface area contributed by atoms with Crippen LogP contribution in [-0.4, -0.2) is 81.1 Å². The maximum Gasteiger partial charge on any atom is 0.274 e. The fraction of sp³-hybridized carbons (Fsp3) is 0.444. The molecule has 0 saturated carbocycles. The molecule has 0 atom stereocenters. The predicted molar refractivity (Wildman–Crippen MR) is 94.6 cm³/mol. The highest BCUT2D eigenvalue weighted by molar-refractivity contribution is 5.98. The van der Waals surface area contributed by atoms with E-state index in [0.717, 1.165) is 25.3 Å². The van der Waals surface area contributed by atoms with Crippen LogP contribution in [0.15, 0.2) is 30.5 Å². The molecule has 26 heavy (non-hydrogen) atoms. The number of pyridine rings is 1. The molecular formula is C18H22N6O2. The lowest BCUT2D eigenvalue weighted by molar-refractivity contribution is 0.0619. The van der Waals surface area contributed by atoms with Gasteiger partial charge in [-0.25, -0.2) is 0 Å². The number of likely N-dealkylation sites (N-methyl/N-ethyl adjacent to an activating group) is 1. The number of fused-ring (bicyclic) bond motifs is 1. The Balaban J connectivity index is 1.38. The van der Waals surface area contributed by atoms with Crippen molar-refractivity contribution in [3.05, 3.63) is 47.5 Å². The number of piperazine rings is 1. The first-order valence-electron chi connectivity index (χ1n) is 8.86. The van der Waals surface area contributed by atoms with Gasteiger partial charge >= 0.3 is 0 Å². The first kappa shape index (κ1) is 16.7. The van der Waals surface area contributed by atoms with E-state index in [0.29, 0.717) is 37.6 Å². The van der Waals surface area contributed by atoms with Gasteiger partial charge < -0.3 is 9.80 Å². The number of hydrogen-bond donors (Lipinski definition) is 0. The fourth-order valence-electron chi connectivity index (χ4n) is 3.40. The van der Waals surface area contributed by atoms with Gasteiger partial charge in [-0.05, 0) is 12.1 Å². The van der Waals surface area contributed by atoms with Gasteiger partial charge in [-0.3, -0.25) is 24.2 Å². The maximum absolute atomic E-state index is 12.8. The third kappa shape index (κ3) is 3.20. The number of aromatic nitrogens is 3. The Morgan fingerprint density at radius 2 is 1.92 bits per heavy atom. The predicted octanol–water partition coefficient (Wildman–Crippen LogP) is 0.322. The molecule has 0 spiro atoms. The zero-order valence-electron chi connectivity index (χ0n) is 14.8. The summed E-state index contributed by atoms with van der Waals surface area (Å²) in [5.41, 5.74) is 1.90. The van der Waals surface area contributed by atoms with Gasteiger partial charge in [-0.2, -0.15) is 5.10 Å². The molecule has 4 heterocycles. The summed E-state index contributed by atoms with van der Waals surface area (Å²) >= 11 is 0. The number of rotatable bonds is 3. The van der Waals surface area contributed by atoms with E-state index in [2.05, 4.69) is 15.0 Å². The summed E-state index contributed by atoms with van der Waals surface area (Å²) in [5.74, 6) is -0.178. The van der Waals surface area contributed by atoms with Crippen molar-refractivity contribution >= 4 is 11.8 Å². The molecule has 2 aliphatic heterocycles. The van der Waals surface area contributed by atoms with E-state index < -0.39 is 0 Å². The van der Waals surface area contributed by atoms with Gasteiger partial charge in [0.15, 0.2) is 5.69 Å². The van der Waals surface area contributed by atoms with Crippen molar-refractivity contribution in [1.82, 2.24) is 29.5 Å². The van der Waals surface area contributed by atoms with Crippen LogP contribution >= 0.6 is 0 Å². The molecule has 8 nitrogen and oxygen atoms in total. The summed E-state index contributed by atoms with van der Waals surface area (Å²) in [6.45, 7) is 4.96. The van der Waals surface area contributed by atoms with E-state index in [1.165, 1.54) is 0 Å². The van der Waals surface area contributed by atoms with Crippen molar-refractivity contribution in [2.45, 2.75) is 13.1 Å². The van der Waals surface area contributed by atoms with Crippen molar-refractivity contribution < 1.29 is 9.59 Å². The molecule has 1 fully saturated rings. The van der Waals surface area contributed by atoms with Crippen molar-refractivity contribution in [3.63, 3.8) is 0 Å². The van der Waals surface area contributed by atoms with Gasteiger partial charge in [0.2, 0.25) is 0 Å². The Hall–Kier alpha value is -2.74. The third-order valence-electron chi connectivity index (χ3n) is 4.98. The first-order chi connectivity index (χ1) is 12.6. The number of amides is 2. The minimum atomic E-state index is -0.0974. The van der Waals surface area contributed by atoms with E-state index in [1.807, 2.05) is 23.1 Å². The van der Waals surface area contributed by atoms with Gasteiger partial charge in [0.25, 0.3) is 11.8 Å². The highest BCUT2D eigenvalue weighted by Gasteiger charge is 2.29. The molecular weight excluding hydrogens is 332 g/mol. The van der Waals surface area contributed by atoms with Crippen LogP contribution in [0.1, 0.15) is 26.7 Å². The average molecular weight is 354 g/mol. The average Bonchev–Trinajstić information content (AvgIpc) is 3.11. The smallest absolute Gasteiger partial charge is 0.274 e. The van der Waals surface area contributed by atoms with Gasteiger partial charge in [-0.1, -0.05) is 6.07 Å². The van der Waals surface area contributed by atoms with E-state index >= 15 is 0 Å². The van der Waals surface area contributed by atoms with E-state index in [1.54, 1.807) is 28.9 Å². The second kappa shape index (κ2) is 6.87. The maximum atomic E-state index is 12.8. The van der Waals surface area contributed by atoms with Crippen molar-refractivity contribution in [1.29, 1.82) is 0 Å². The largest absolute Gasteiger partial charge is 0.339 e. The quantitative estimate of drug-likeness (QED) is 0.794. The standard InChI is InChI=1S/C18H22N6O2/c1-21-6-11-24-16(18(21)26)12-15(20-24)17(25)23-9-7-22(8-10-23)13-14-4-2-3-5-19-14/h2-5,12H,6-11,13H2,1H3. The Bertz CT molecular complexity index is 810. The van der Waals surface area contributed by atoms with Crippen LogP contribution in [-0.2, 0) is 13.1 Å². The van der Waals surface area contributed by atoms with E-state index in [9.17, 15) is 9.59 Å². The highest BCUT2D eigenvalue weighted by atomic mass is 16.2. The second-order valence-electron chi connectivity index (χ2n) is 6.75. The molecule has 0 aromatic carbocycles. The van der Waals surface area contributed by atoms with Gasteiger partial charge in [0, 0.05) is 58.6 Å². The van der Waals surface area contributed by atoms with Crippen LogP contribution in [0.4, 0.5) is 0 Å². The molecule has 0 radical (unpaired) electrons. The van der Waals surface area contributed by atoms with Crippen LogP contribution in [0.3, 0.4) is 0 Å². The van der Waals surface area contributed by atoms with Crippen LogP contribution in [0.5, 0.6) is 0 Å². The van der Waals surface area contributed by atoms with Crippen molar-refractivity contribution in [2.24, 2.45) is 0 Å². The number of carbonyl (C=O) groups excluding carboxylic acids is 2. The van der Waals surface area contributed by atoms with Gasteiger partial charge in [0.05, 0.1) is 12.2 Å². The molecule has 2 amide bonds. The van der Waals surface area contributed by atoms with Gasteiger partial charge in [0.1, 0.15) is 5.69 Å². The summed E-state index contributed by atoms with van der Waals surface area (Å²) < 4.78 is 1.65. The zero-order valence-corrected chi connectivity index (χ0v) is 14.8. The van der Waals surface area contributed by atoms with Crippen LogP contribution in [0, 0.1) is 0 Å². The van der Waals surface area contributed by atoms with E-state index in [-0.39, 0.29) is 11.8 Å². The third-order valence-corrected chi connectivity index (χ3v) is 4.98. The highest BCUT2D eigenvalue weighted by Crippen LogP contribution is 2.15. The summed E-state index contributed by atoms with van der Waals surface area (Å²) in [6, 6.07) is 7.54. The van der Waals surface area contributed by atoms with E-state index in [4.69, 9.17) is 0 Å². The lowest BCUT2D eigenvalue weighted by Gasteiger charge is -2.34. The topological polar surface area (TPSA) is 74.6 Å². The molecule has 0 unspecified atom stereocenters. The summed E-state index contributed by atoms with van der Waals surface area (Å²) in [4.78, 5) is 35.1. The zero-order chi connectivity index (χ0) is 18.1. The fourth-order valence-corrected chi connectivity index (χ4v) is 3.40. The Morgan fingerprint density at radius 3 is 2.65 bits per heavy atom. The normalized spacial score (nSPS) is 18.1. The minimum Gasteiger partial charge on any atom is -0.339 e. The monoisotopic (exact) mass is 354 g/mol. The molecule has 136 valence electrons. The lowest BCUT2D eigenvalue weighted by atomic mass is 10.2. The molecule has 8 heteroatoms. The van der Waals surface area contributed by atoms with Crippen LogP contribution < -0.4 is 0 Å². The Kier molecular flexibility index (Phi) is 4.42. The van der Waals surface area contributed by atoms with Crippen molar-refractivity contribution in [3.8, 4) is 0 Å². The molecule has 1 saturated heterocycles. The summed E-state index contributed by atoms with van der Waals surface area (Å²) in [6.07, 6.45) is 1.80. The molecule has 4 rings (SSSR count). The number of nitrogens with zero attached hydrogens (tertiary/aromatic N) is 6. The molecule has 2 aromatic heterocycles. The van der Waals surface area contributed by atoms with Crippen molar-refractivity contribution in [2.75, 3.05) is 39.8 Å². The summed E-state index contributed by atoms with van der Waals surface area (Å²) in [7, 11) is 1.77. The number of carbonyl (C=O) groups is 2. The Morgan fingerprint density at radius 1 is 1.12 bits per heavy atom. The molecule has 2 aliphatic rings. The lowest BCUT2D eigenvalue weighted by Crippen LogP contribution is -2.48. The molecule has 0 bridgehead atoms. The SMILES string of the molecule is CN1CCn2nc(C(=O)N3CCN(Cc4ccccn4)CC3)cc2C1=O. The van der Waals surface area contributed by atoms with Gasteiger partial charge in [-0.15, -0.1) is 0 Å². The first-order valence-corrected chi connectivity index (χ1v) is 8.86. The summed E-state index contributed by atoms with van der Waals surface area (Å²) in [5, 5.41) is 4.35. The van der Waals surface area contributed by atoms with Crippen LogP contribution in [0.2, 0.25) is 0 Å². The van der Waals surface area contributed by atoms with Crippen LogP contribution in [0.25, 0.3) is 0 Å².